The van der Waals surface area contributed by atoms with Crippen molar-refractivity contribution in [2.45, 2.75) is 38.1 Å². The number of ether oxygens (including phenoxy) is 2. The van der Waals surface area contributed by atoms with Crippen molar-refractivity contribution in [2.75, 3.05) is 23.0 Å². The van der Waals surface area contributed by atoms with Gasteiger partial charge in [-0.15, -0.1) is 0 Å². The molecule has 2 aromatic carbocycles. The van der Waals surface area contributed by atoms with E-state index in [1.165, 1.54) is 43.0 Å². The van der Waals surface area contributed by atoms with Crippen molar-refractivity contribution in [2.24, 2.45) is 0 Å². The quantitative estimate of drug-likeness (QED) is 0.450. The average Bonchev–Trinajstić information content (AvgIpc) is 3.33. The summed E-state index contributed by atoms with van der Waals surface area (Å²) in [4.78, 5) is 15.6. The summed E-state index contributed by atoms with van der Waals surface area (Å²) in [6, 6.07) is 8.53. The molecule has 2 heterocycles. The predicted octanol–water partition coefficient (Wildman–Crippen LogP) is 4.80. The van der Waals surface area contributed by atoms with Crippen molar-refractivity contribution in [1.29, 1.82) is 5.26 Å². The summed E-state index contributed by atoms with van der Waals surface area (Å²) in [6.07, 6.45) is -4.43. The van der Waals surface area contributed by atoms with Gasteiger partial charge in [-0.05, 0) is 56.4 Å². The van der Waals surface area contributed by atoms with Crippen molar-refractivity contribution < 1.29 is 31.8 Å². The maximum Gasteiger partial charge on any atom is 0.417 e. The molecule has 1 amide bonds. The Hall–Kier alpha value is -3.23. The molecule has 0 spiro atoms. The van der Waals surface area contributed by atoms with Gasteiger partial charge in [0.2, 0.25) is 0 Å². The summed E-state index contributed by atoms with van der Waals surface area (Å²) >= 11 is 5.46. The fraction of sp³-hybridized carbons (Fsp3) is 0.348. The highest BCUT2D eigenvalue weighted by molar-refractivity contribution is 7.81. The first-order chi connectivity index (χ1) is 15.9. The second-order valence-corrected chi connectivity index (χ2v) is 8.74. The highest BCUT2D eigenvalue weighted by atomic mass is 32.1. The number of halogens is 4. The standard InChI is InChI=1S/C23H19F4N3O3S/c1-22(2)20(31)29(14-4-3-13(11-28)17(9-14)23(25,26)27)21(34)30(22)15-5-6-19(18(24)10-15)33-16-7-8-32-12-16/h3-6,9-10,16H,7-8,12H2,1-2H3/t16-/m1/s1. The Kier molecular flexibility index (Phi) is 5.99. The van der Waals surface area contributed by atoms with E-state index in [1.54, 1.807) is 0 Å². The van der Waals surface area contributed by atoms with E-state index < -0.39 is 34.6 Å². The second-order valence-electron chi connectivity index (χ2n) is 8.38. The minimum absolute atomic E-state index is 0.0206. The third-order valence-electron chi connectivity index (χ3n) is 5.71. The third kappa shape index (κ3) is 4.08. The first kappa shape index (κ1) is 23.9. The van der Waals surface area contributed by atoms with E-state index in [1.807, 2.05) is 0 Å². The fourth-order valence-electron chi connectivity index (χ4n) is 3.97. The smallest absolute Gasteiger partial charge is 0.417 e. The van der Waals surface area contributed by atoms with Gasteiger partial charge in [0.1, 0.15) is 11.6 Å². The van der Waals surface area contributed by atoms with E-state index >= 15 is 0 Å². The van der Waals surface area contributed by atoms with Crippen LogP contribution in [0.3, 0.4) is 0 Å². The molecule has 11 heteroatoms. The SMILES string of the molecule is CC1(C)C(=O)N(c2ccc(C#N)c(C(F)(F)F)c2)C(=S)N1c1ccc(O[C@@H]2CCOC2)c(F)c1. The van der Waals surface area contributed by atoms with Gasteiger partial charge in [0.15, 0.2) is 16.7 Å². The van der Waals surface area contributed by atoms with Crippen LogP contribution in [0.2, 0.25) is 0 Å². The highest BCUT2D eigenvalue weighted by Crippen LogP contribution is 2.40. The molecule has 2 aliphatic heterocycles. The maximum atomic E-state index is 14.8. The zero-order valence-corrected chi connectivity index (χ0v) is 19.0. The van der Waals surface area contributed by atoms with E-state index in [0.29, 0.717) is 25.7 Å². The van der Waals surface area contributed by atoms with E-state index in [4.69, 9.17) is 27.0 Å². The molecule has 2 aromatic rings. The molecule has 0 radical (unpaired) electrons. The Balaban J connectivity index is 1.69. The molecule has 6 nitrogen and oxygen atoms in total. The van der Waals surface area contributed by atoms with Crippen LogP contribution in [-0.2, 0) is 15.7 Å². The number of anilines is 2. The van der Waals surface area contributed by atoms with E-state index in [-0.39, 0.29) is 28.3 Å². The van der Waals surface area contributed by atoms with Crippen LogP contribution in [0.5, 0.6) is 5.75 Å². The van der Waals surface area contributed by atoms with Gasteiger partial charge in [0.25, 0.3) is 5.91 Å². The fourth-order valence-corrected chi connectivity index (χ4v) is 4.49. The molecule has 0 saturated carbocycles. The number of hydrogen-bond donors (Lipinski definition) is 0. The number of carbonyl (C=O) groups excluding carboxylic acids is 1. The lowest BCUT2D eigenvalue weighted by atomic mass is 10.0. The number of carbonyl (C=O) groups is 1. The van der Waals surface area contributed by atoms with Gasteiger partial charge in [-0.3, -0.25) is 9.69 Å². The van der Waals surface area contributed by atoms with Gasteiger partial charge < -0.3 is 14.4 Å². The maximum absolute atomic E-state index is 14.8. The molecule has 2 fully saturated rings. The second kappa shape index (κ2) is 8.52. The summed E-state index contributed by atoms with van der Waals surface area (Å²) in [5, 5.41) is 8.92. The van der Waals surface area contributed by atoms with Crippen molar-refractivity contribution in [3.63, 3.8) is 0 Å². The zero-order chi connectivity index (χ0) is 24.8. The molecule has 0 aromatic heterocycles. The van der Waals surface area contributed by atoms with Crippen LogP contribution in [-0.4, -0.2) is 35.9 Å². The number of nitrogens with zero attached hydrogens (tertiary/aromatic N) is 3. The molecular formula is C23H19F4N3O3S. The Labute approximate surface area is 198 Å². The molecule has 0 N–H and O–H groups in total. The van der Waals surface area contributed by atoms with Gasteiger partial charge >= 0.3 is 6.18 Å². The summed E-state index contributed by atoms with van der Waals surface area (Å²) in [5.74, 6) is -1.25. The molecule has 34 heavy (non-hydrogen) atoms. The third-order valence-corrected chi connectivity index (χ3v) is 6.08. The molecule has 2 saturated heterocycles. The molecule has 0 bridgehead atoms. The monoisotopic (exact) mass is 493 g/mol. The van der Waals surface area contributed by atoms with Crippen molar-refractivity contribution >= 4 is 34.6 Å². The molecule has 1 atom stereocenters. The van der Waals surface area contributed by atoms with Gasteiger partial charge in [-0.25, -0.2) is 4.39 Å². The normalized spacial score (nSPS) is 20.1. The van der Waals surface area contributed by atoms with Crippen LogP contribution < -0.4 is 14.5 Å². The number of rotatable bonds is 4. The molecule has 2 aliphatic rings. The summed E-state index contributed by atoms with van der Waals surface area (Å²) < 4.78 is 66.0. The lowest BCUT2D eigenvalue weighted by Crippen LogP contribution is -2.44. The molecule has 178 valence electrons. The summed E-state index contributed by atoms with van der Waals surface area (Å²) in [7, 11) is 0. The van der Waals surface area contributed by atoms with Crippen LogP contribution in [0.4, 0.5) is 28.9 Å². The van der Waals surface area contributed by atoms with Crippen LogP contribution in [0.1, 0.15) is 31.4 Å². The van der Waals surface area contributed by atoms with Crippen LogP contribution in [0.15, 0.2) is 36.4 Å². The van der Waals surface area contributed by atoms with Gasteiger partial charge in [0, 0.05) is 18.2 Å². The Morgan fingerprint density at radius 1 is 1.21 bits per heavy atom. The van der Waals surface area contributed by atoms with Gasteiger partial charge in [-0.2, -0.15) is 18.4 Å². The zero-order valence-electron chi connectivity index (χ0n) is 18.1. The topological polar surface area (TPSA) is 65.8 Å². The summed E-state index contributed by atoms with van der Waals surface area (Å²) in [5.41, 5.74) is -2.98. The van der Waals surface area contributed by atoms with Crippen molar-refractivity contribution in [1.82, 2.24) is 0 Å². The summed E-state index contributed by atoms with van der Waals surface area (Å²) in [6.45, 7) is 3.96. The first-order valence-electron chi connectivity index (χ1n) is 10.3. The number of hydrogen-bond acceptors (Lipinski definition) is 5. The lowest BCUT2D eigenvalue weighted by molar-refractivity contribution is -0.137. The van der Waals surface area contributed by atoms with Crippen LogP contribution in [0, 0.1) is 17.1 Å². The Morgan fingerprint density at radius 2 is 1.91 bits per heavy atom. The van der Waals surface area contributed by atoms with Crippen molar-refractivity contribution in [3.05, 3.63) is 53.3 Å². The molecule has 0 unspecified atom stereocenters. The number of thiocarbonyl (C=S) groups is 1. The van der Waals surface area contributed by atoms with Crippen LogP contribution in [0.25, 0.3) is 0 Å². The largest absolute Gasteiger partial charge is 0.485 e. The van der Waals surface area contributed by atoms with Gasteiger partial charge in [-0.1, -0.05) is 0 Å². The van der Waals surface area contributed by atoms with E-state index in [2.05, 4.69) is 0 Å². The minimum Gasteiger partial charge on any atom is -0.485 e. The van der Waals surface area contributed by atoms with Gasteiger partial charge in [0.05, 0.1) is 36.1 Å². The number of amides is 1. The predicted molar refractivity (Wildman–Crippen MR) is 119 cm³/mol. The minimum atomic E-state index is -4.80. The van der Waals surface area contributed by atoms with Crippen molar-refractivity contribution in [3.8, 4) is 11.8 Å². The number of alkyl halides is 3. The Bertz CT molecular complexity index is 1200. The Morgan fingerprint density at radius 3 is 2.50 bits per heavy atom. The van der Waals surface area contributed by atoms with E-state index in [0.717, 1.165) is 17.0 Å². The number of benzene rings is 2. The number of nitriles is 1. The highest BCUT2D eigenvalue weighted by Gasteiger charge is 2.51. The van der Waals surface area contributed by atoms with Crippen LogP contribution >= 0.6 is 12.2 Å². The van der Waals surface area contributed by atoms with E-state index in [9.17, 15) is 22.4 Å². The molecule has 0 aliphatic carbocycles. The molecule has 4 rings (SSSR count). The first-order valence-corrected chi connectivity index (χ1v) is 10.7. The lowest BCUT2D eigenvalue weighted by Gasteiger charge is -2.29. The molecular weight excluding hydrogens is 474 g/mol. The average molecular weight is 493 g/mol.